The lowest BCUT2D eigenvalue weighted by molar-refractivity contribution is 0.0928. The fourth-order valence-electron chi connectivity index (χ4n) is 2.86. The highest BCUT2D eigenvalue weighted by Gasteiger charge is 2.31. The zero-order valence-electron chi connectivity index (χ0n) is 11.8. The highest BCUT2D eigenvalue weighted by molar-refractivity contribution is 6.32. The standard InChI is InChI=1S/C16H13ClN2O3/c1-19-12-5-3-2-4-10(12)16(20)18-15(19)9-6-11(17)14-13(7-9)21-8-22-14/h2-7,15H,8H2,1H3,(H,18,20)/t15-/m1/s1. The molecule has 0 unspecified atom stereocenters. The lowest BCUT2D eigenvalue weighted by atomic mass is 10.0. The van der Waals surface area contributed by atoms with E-state index in [1.54, 1.807) is 6.07 Å². The number of nitrogens with one attached hydrogen (secondary N) is 1. The number of hydrogen-bond acceptors (Lipinski definition) is 4. The summed E-state index contributed by atoms with van der Waals surface area (Å²) in [4.78, 5) is 14.3. The van der Waals surface area contributed by atoms with Crippen LogP contribution in [0.15, 0.2) is 36.4 Å². The molecule has 0 spiro atoms. The Bertz CT molecular complexity index is 778. The van der Waals surface area contributed by atoms with Crippen LogP contribution in [0.25, 0.3) is 0 Å². The van der Waals surface area contributed by atoms with Crippen LogP contribution < -0.4 is 19.7 Å². The van der Waals surface area contributed by atoms with Crippen molar-refractivity contribution in [1.29, 1.82) is 0 Å². The monoisotopic (exact) mass is 316 g/mol. The number of carbonyl (C=O) groups is 1. The summed E-state index contributed by atoms with van der Waals surface area (Å²) in [6.45, 7) is 0.161. The van der Waals surface area contributed by atoms with Gasteiger partial charge in [0.1, 0.15) is 6.17 Å². The Morgan fingerprint density at radius 3 is 2.95 bits per heavy atom. The molecule has 2 aliphatic rings. The van der Waals surface area contributed by atoms with Crippen molar-refractivity contribution in [2.75, 3.05) is 18.7 Å². The van der Waals surface area contributed by atoms with Gasteiger partial charge in [0.25, 0.3) is 5.91 Å². The van der Waals surface area contributed by atoms with Crippen molar-refractivity contribution in [1.82, 2.24) is 5.32 Å². The van der Waals surface area contributed by atoms with Gasteiger partial charge in [0.05, 0.1) is 16.3 Å². The van der Waals surface area contributed by atoms with Crippen molar-refractivity contribution < 1.29 is 14.3 Å². The van der Waals surface area contributed by atoms with E-state index in [1.165, 1.54) is 0 Å². The summed E-state index contributed by atoms with van der Waals surface area (Å²) in [5.41, 5.74) is 2.39. The van der Waals surface area contributed by atoms with Gasteiger partial charge in [-0.1, -0.05) is 23.7 Å². The Kier molecular flexibility index (Phi) is 2.90. The molecule has 2 aliphatic heterocycles. The number of halogens is 1. The van der Waals surface area contributed by atoms with Crippen molar-refractivity contribution in [2.24, 2.45) is 0 Å². The molecular formula is C16H13ClN2O3. The van der Waals surface area contributed by atoms with Gasteiger partial charge < -0.3 is 19.7 Å². The predicted molar refractivity (Wildman–Crippen MR) is 82.6 cm³/mol. The smallest absolute Gasteiger partial charge is 0.255 e. The first kappa shape index (κ1) is 13.3. The Hall–Kier alpha value is -2.40. The molecule has 5 nitrogen and oxygen atoms in total. The number of fused-ring (bicyclic) bond motifs is 2. The van der Waals surface area contributed by atoms with Gasteiger partial charge in [-0.3, -0.25) is 4.79 Å². The molecule has 0 bridgehead atoms. The van der Waals surface area contributed by atoms with Crippen LogP contribution in [0, 0.1) is 0 Å². The molecule has 2 heterocycles. The number of carbonyl (C=O) groups excluding carboxylic acids is 1. The van der Waals surface area contributed by atoms with E-state index in [0.717, 1.165) is 11.3 Å². The van der Waals surface area contributed by atoms with Gasteiger partial charge in [0.2, 0.25) is 6.79 Å². The van der Waals surface area contributed by atoms with E-state index in [4.69, 9.17) is 21.1 Å². The molecule has 0 aromatic heterocycles. The Labute approximate surface area is 132 Å². The zero-order chi connectivity index (χ0) is 15.3. The maximum absolute atomic E-state index is 12.3. The van der Waals surface area contributed by atoms with Crippen molar-refractivity contribution in [2.45, 2.75) is 6.17 Å². The number of rotatable bonds is 1. The average Bonchev–Trinajstić information content (AvgIpc) is 3.00. The van der Waals surface area contributed by atoms with Gasteiger partial charge in [-0.05, 0) is 24.3 Å². The minimum absolute atomic E-state index is 0.104. The summed E-state index contributed by atoms with van der Waals surface area (Å²) < 4.78 is 10.7. The zero-order valence-corrected chi connectivity index (χ0v) is 12.6. The summed E-state index contributed by atoms with van der Waals surface area (Å²) >= 11 is 6.24. The second-order valence-electron chi connectivity index (χ2n) is 5.24. The van der Waals surface area contributed by atoms with Crippen molar-refractivity contribution in [3.8, 4) is 11.5 Å². The van der Waals surface area contributed by atoms with Crippen molar-refractivity contribution in [3.63, 3.8) is 0 Å². The van der Waals surface area contributed by atoms with Crippen LogP contribution >= 0.6 is 11.6 Å². The minimum atomic E-state index is -0.311. The maximum atomic E-state index is 12.3. The van der Waals surface area contributed by atoms with Gasteiger partial charge in [-0.15, -0.1) is 0 Å². The quantitative estimate of drug-likeness (QED) is 0.879. The van der Waals surface area contributed by atoms with Gasteiger partial charge >= 0.3 is 0 Å². The highest BCUT2D eigenvalue weighted by Crippen LogP contribution is 2.42. The Morgan fingerprint density at radius 1 is 1.27 bits per heavy atom. The molecule has 2 aromatic carbocycles. The summed E-state index contributed by atoms with van der Waals surface area (Å²) in [5.74, 6) is 1.05. The average molecular weight is 317 g/mol. The highest BCUT2D eigenvalue weighted by atomic mass is 35.5. The first-order valence-electron chi connectivity index (χ1n) is 6.87. The lowest BCUT2D eigenvalue weighted by Crippen LogP contribution is -2.44. The predicted octanol–water partition coefficient (Wildman–Crippen LogP) is 2.95. The maximum Gasteiger partial charge on any atom is 0.255 e. The molecule has 0 saturated carbocycles. The third-order valence-electron chi connectivity index (χ3n) is 3.95. The van der Waals surface area contributed by atoms with Crippen molar-refractivity contribution in [3.05, 3.63) is 52.5 Å². The summed E-state index contributed by atoms with van der Waals surface area (Å²) in [7, 11) is 1.93. The normalized spacial score (nSPS) is 18.9. The van der Waals surface area contributed by atoms with E-state index in [0.29, 0.717) is 22.1 Å². The van der Waals surface area contributed by atoms with Crippen LogP contribution in [0.4, 0.5) is 5.69 Å². The Balaban J connectivity index is 1.78. The lowest BCUT2D eigenvalue weighted by Gasteiger charge is -2.36. The van der Waals surface area contributed by atoms with Crippen molar-refractivity contribution >= 4 is 23.2 Å². The van der Waals surface area contributed by atoms with E-state index >= 15 is 0 Å². The van der Waals surface area contributed by atoms with Gasteiger partial charge in [0.15, 0.2) is 11.5 Å². The molecule has 0 aliphatic carbocycles. The fourth-order valence-corrected chi connectivity index (χ4v) is 3.14. The van der Waals surface area contributed by atoms with Crippen LogP contribution in [0.5, 0.6) is 11.5 Å². The molecule has 1 amide bonds. The molecule has 6 heteroatoms. The molecule has 1 N–H and O–H groups in total. The molecule has 112 valence electrons. The number of ether oxygens (including phenoxy) is 2. The van der Waals surface area contributed by atoms with Crippen LogP contribution in [0.2, 0.25) is 5.02 Å². The van der Waals surface area contributed by atoms with E-state index in [2.05, 4.69) is 5.32 Å². The second-order valence-corrected chi connectivity index (χ2v) is 5.65. The van der Waals surface area contributed by atoms with Crippen LogP contribution in [-0.2, 0) is 0 Å². The molecular weight excluding hydrogens is 304 g/mol. The largest absolute Gasteiger partial charge is 0.454 e. The Morgan fingerprint density at radius 2 is 2.09 bits per heavy atom. The molecule has 4 rings (SSSR count). The first-order chi connectivity index (χ1) is 10.6. The number of benzene rings is 2. The molecule has 22 heavy (non-hydrogen) atoms. The SMILES string of the molecule is CN1c2ccccc2C(=O)N[C@H]1c1cc(Cl)c2c(c1)OCO2. The van der Waals surface area contributed by atoms with Gasteiger partial charge in [-0.2, -0.15) is 0 Å². The molecule has 0 radical (unpaired) electrons. The molecule has 2 aromatic rings. The summed E-state index contributed by atoms with van der Waals surface area (Å²) in [5, 5.41) is 3.47. The third-order valence-corrected chi connectivity index (χ3v) is 4.23. The summed E-state index contributed by atoms with van der Waals surface area (Å²) in [6.07, 6.45) is -0.311. The van der Waals surface area contributed by atoms with Crippen LogP contribution in [-0.4, -0.2) is 19.7 Å². The van der Waals surface area contributed by atoms with E-state index in [-0.39, 0.29) is 18.9 Å². The molecule has 0 fully saturated rings. The van der Waals surface area contributed by atoms with E-state index in [9.17, 15) is 4.79 Å². The first-order valence-corrected chi connectivity index (χ1v) is 7.25. The summed E-state index contributed by atoms with van der Waals surface area (Å²) in [6, 6.07) is 11.1. The van der Waals surface area contributed by atoms with Gasteiger partial charge in [-0.25, -0.2) is 0 Å². The number of hydrogen-bond donors (Lipinski definition) is 1. The second kappa shape index (κ2) is 4.81. The van der Waals surface area contributed by atoms with E-state index in [1.807, 2.05) is 42.3 Å². The number of anilines is 1. The molecule has 1 atom stereocenters. The molecule has 0 saturated heterocycles. The topological polar surface area (TPSA) is 50.8 Å². The van der Waals surface area contributed by atoms with Crippen LogP contribution in [0.3, 0.4) is 0 Å². The fraction of sp³-hybridized carbons (Fsp3) is 0.188. The number of amides is 1. The number of para-hydroxylation sites is 1. The van der Waals surface area contributed by atoms with Gasteiger partial charge in [0, 0.05) is 12.6 Å². The van der Waals surface area contributed by atoms with E-state index < -0.39 is 0 Å². The van der Waals surface area contributed by atoms with Crippen LogP contribution in [0.1, 0.15) is 22.1 Å². The number of nitrogens with zero attached hydrogens (tertiary/aromatic N) is 1. The minimum Gasteiger partial charge on any atom is -0.454 e. The third kappa shape index (κ3) is 1.89.